The van der Waals surface area contributed by atoms with Gasteiger partial charge in [-0.1, -0.05) is 30.3 Å². The number of halogens is 3. The van der Waals surface area contributed by atoms with Crippen LogP contribution in [0.4, 0.5) is 13.2 Å². The van der Waals surface area contributed by atoms with E-state index in [-0.39, 0.29) is 0 Å². The van der Waals surface area contributed by atoms with Crippen molar-refractivity contribution in [2.45, 2.75) is 17.9 Å². The first-order chi connectivity index (χ1) is 7.71. The predicted molar refractivity (Wildman–Crippen MR) is 50.0 cm³/mol. The number of carboxylic acids is 1. The van der Waals surface area contributed by atoms with E-state index in [1.807, 2.05) is 0 Å². The maximum Gasteiger partial charge on any atom is 0.424 e. The summed E-state index contributed by atoms with van der Waals surface area (Å²) in [6, 6.07) is 5.56. The van der Waals surface area contributed by atoms with Crippen LogP contribution in [0.25, 0.3) is 0 Å². The second kappa shape index (κ2) is 4.34. The molecule has 0 saturated carbocycles. The summed E-state index contributed by atoms with van der Waals surface area (Å²) in [7, 11) is 0. The van der Waals surface area contributed by atoms with Gasteiger partial charge in [-0.05, 0) is 5.56 Å². The van der Waals surface area contributed by atoms with Crippen molar-refractivity contribution < 1.29 is 33.3 Å². The van der Waals surface area contributed by atoms with Crippen molar-refractivity contribution in [3.05, 3.63) is 35.9 Å². The van der Waals surface area contributed by atoms with Crippen LogP contribution in [0.15, 0.2) is 30.3 Å². The van der Waals surface area contributed by atoms with E-state index in [0.717, 1.165) is 12.1 Å². The highest BCUT2D eigenvalue weighted by Crippen LogP contribution is 2.41. The lowest BCUT2D eigenvalue weighted by Crippen LogP contribution is -2.54. The molecular weight excluding hydrogens is 241 g/mol. The van der Waals surface area contributed by atoms with Gasteiger partial charge in [0.05, 0.1) is 0 Å². The Balaban J connectivity index is 3.36. The zero-order valence-electron chi connectivity index (χ0n) is 8.35. The van der Waals surface area contributed by atoms with Gasteiger partial charge in [-0.15, -0.1) is 0 Å². The van der Waals surface area contributed by atoms with E-state index in [1.54, 1.807) is 0 Å². The fourth-order valence-corrected chi connectivity index (χ4v) is 1.35. The SMILES string of the molecule is O=C(O)[C@@H](O)[C@](O)(c1ccccc1)C(F)(F)F. The number of aliphatic hydroxyl groups excluding tert-OH is 1. The summed E-state index contributed by atoms with van der Waals surface area (Å²) >= 11 is 0. The number of carboxylic acid groups (broad SMARTS) is 1. The molecule has 0 unspecified atom stereocenters. The number of benzene rings is 1. The van der Waals surface area contributed by atoms with Crippen molar-refractivity contribution >= 4 is 5.97 Å². The summed E-state index contributed by atoms with van der Waals surface area (Å²) in [5.41, 5.74) is -4.57. The molecule has 0 aliphatic carbocycles. The summed E-state index contributed by atoms with van der Waals surface area (Å²) < 4.78 is 38.2. The third-order valence-electron chi connectivity index (χ3n) is 2.28. The van der Waals surface area contributed by atoms with E-state index < -0.39 is 29.4 Å². The van der Waals surface area contributed by atoms with Crippen molar-refractivity contribution in [2.75, 3.05) is 0 Å². The molecule has 1 aromatic rings. The Morgan fingerprint density at radius 2 is 1.65 bits per heavy atom. The predicted octanol–water partition coefficient (Wildman–Crippen LogP) is 0.882. The Bertz CT molecular complexity index is 404. The summed E-state index contributed by atoms with van der Waals surface area (Å²) in [4.78, 5) is 10.5. The van der Waals surface area contributed by atoms with Crippen molar-refractivity contribution in [1.82, 2.24) is 0 Å². The Morgan fingerprint density at radius 3 is 2.00 bits per heavy atom. The fraction of sp³-hybridized carbons (Fsp3) is 0.300. The number of aliphatic carboxylic acids is 1. The van der Waals surface area contributed by atoms with Gasteiger partial charge < -0.3 is 15.3 Å². The third-order valence-corrected chi connectivity index (χ3v) is 2.28. The molecule has 7 heteroatoms. The molecular formula is C10H9F3O4. The van der Waals surface area contributed by atoms with E-state index in [0.29, 0.717) is 0 Å². The summed E-state index contributed by atoms with van der Waals surface area (Å²) in [5.74, 6) is -2.16. The van der Waals surface area contributed by atoms with Crippen LogP contribution in [0.3, 0.4) is 0 Å². The number of hydrogen-bond acceptors (Lipinski definition) is 3. The van der Waals surface area contributed by atoms with Gasteiger partial charge >= 0.3 is 12.1 Å². The Hall–Kier alpha value is -1.60. The standard InChI is InChI=1S/C10H9F3O4/c11-10(12,13)9(17,7(14)8(15)16)6-4-2-1-3-5-6/h1-5,7,14,17H,(H,15,16)/t7-,9-/m1/s1. The minimum Gasteiger partial charge on any atom is -0.479 e. The minimum absolute atomic E-state index is 0.734. The van der Waals surface area contributed by atoms with Crippen LogP contribution in [-0.2, 0) is 10.4 Å². The molecule has 94 valence electrons. The first-order valence-electron chi connectivity index (χ1n) is 4.46. The Labute approximate surface area is 93.9 Å². The Morgan fingerprint density at radius 1 is 1.18 bits per heavy atom. The second-order valence-corrected chi connectivity index (χ2v) is 3.37. The van der Waals surface area contributed by atoms with E-state index in [9.17, 15) is 23.1 Å². The number of aliphatic hydroxyl groups is 2. The number of hydrogen-bond donors (Lipinski definition) is 3. The van der Waals surface area contributed by atoms with Crippen LogP contribution in [0.5, 0.6) is 0 Å². The average Bonchev–Trinajstić information content (AvgIpc) is 2.26. The number of rotatable bonds is 3. The van der Waals surface area contributed by atoms with Crippen molar-refractivity contribution in [1.29, 1.82) is 0 Å². The van der Waals surface area contributed by atoms with E-state index in [1.165, 1.54) is 18.2 Å². The maximum atomic E-state index is 12.7. The van der Waals surface area contributed by atoms with Crippen LogP contribution in [0.2, 0.25) is 0 Å². The van der Waals surface area contributed by atoms with Gasteiger partial charge in [0.25, 0.3) is 0 Å². The molecule has 1 rings (SSSR count). The molecule has 0 saturated heterocycles. The van der Waals surface area contributed by atoms with Gasteiger partial charge in [0.2, 0.25) is 5.60 Å². The molecule has 3 N–H and O–H groups in total. The monoisotopic (exact) mass is 250 g/mol. The third kappa shape index (κ3) is 2.25. The van der Waals surface area contributed by atoms with Crippen LogP contribution in [-0.4, -0.2) is 33.6 Å². The summed E-state index contributed by atoms with van der Waals surface area (Å²) in [5, 5.41) is 27.0. The highest BCUT2D eigenvalue weighted by atomic mass is 19.4. The lowest BCUT2D eigenvalue weighted by molar-refractivity contribution is -0.295. The van der Waals surface area contributed by atoms with Crippen LogP contribution in [0, 0.1) is 0 Å². The van der Waals surface area contributed by atoms with Crippen molar-refractivity contribution in [2.24, 2.45) is 0 Å². The first kappa shape index (κ1) is 13.5. The topological polar surface area (TPSA) is 77.8 Å². The summed E-state index contributed by atoms with van der Waals surface area (Å²) in [6.07, 6.45) is -8.31. The van der Waals surface area contributed by atoms with E-state index in [2.05, 4.69) is 0 Å². The minimum atomic E-state index is -5.31. The van der Waals surface area contributed by atoms with Crippen LogP contribution < -0.4 is 0 Å². The lowest BCUT2D eigenvalue weighted by Gasteiger charge is -2.32. The largest absolute Gasteiger partial charge is 0.479 e. The maximum absolute atomic E-state index is 12.7. The Kier molecular flexibility index (Phi) is 3.44. The number of carbonyl (C=O) groups is 1. The molecule has 0 bridgehead atoms. The highest BCUT2D eigenvalue weighted by Gasteiger charge is 2.62. The molecule has 0 radical (unpaired) electrons. The highest BCUT2D eigenvalue weighted by molar-refractivity contribution is 5.74. The van der Waals surface area contributed by atoms with Crippen LogP contribution >= 0.6 is 0 Å². The molecule has 0 aromatic heterocycles. The molecule has 0 heterocycles. The van der Waals surface area contributed by atoms with Gasteiger partial charge in [0.1, 0.15) is 0 Å². The molecule has 2 atom stereocenters. The van der Waals surface area contributed by atoms with Crippen LogP contribution in [0.1, 0.15) is 5.56 Å². The molecule has 4 nitrogen and oxygen atoms in total. The summed E-state index contributed by atoms with van der Waals surface area (Å²) in [6.45, 7) is 0. The molecule has 0 spiro atoms. The van der Waals surface area contributed by atoms with Gasteiger partial charge in [0.15, 0.2) is 6.10 Å². The molecule has 0 amide bonds. The second-order valence-electron chi connectivity index (χ2n) is 3.37. The van der Waals surface area contributed by atoms with Crippen molar-refractivity contribution in [3.63, 3.8) is 0 Å². The first-order valence-corrected chi connectivity index (χ1v) is 4.46. The fourth-order valence-electron chi connectivity index (χ4n) is 1.35. The zero-order chi connectivity index (χ0) is 13.3. The van der Waals surface area contributed by atoms with Crippen molar-refractivity contribution in [3.8, 4) is 0 Å². The van der Waals surface area contributed by atoms with E-state index >= 15 is 0 Å². The van der Waals surface area contributed by atoms with Gasteiger partial charge in [-0.2, -0.15) is 13.2 Å². The zero-order valence-corrected chi connectivity index (χ0v) is 8.35. The molecule has 0 aliphatic rings. The quantitative estimate of drug-likeness (QED) is 0.744. The van der Waals surface area contributed by atoms with Gasteiger partial charge in [-0.25, -0.2) is 4.79 Å². The van der Waals surface area contributed by atoms with Gasteiger partial charge in [-0.3, -0.25) is 0 Å². The van der Waals surface area contributed by atoms with Gasteiger partial charge in [0, 0.05) is 0 Å². The molecule has 1 aromatic carbocycles. The molecule has 17 heavy (non-hydrogen) atoms. The lowest BCUT2D eigenvalue weighted by atomic mass is 9.87. The van der Waals surface area contributed by atoms with E-state index in [4.69, 9.17) is 10.2 Å². The smallest absolute Gasteiger partial charge is 0.424 e. The molecule has 0 fully saturated rings. The average molecular weight is 250 g/mol. The number of alkyl halides is 3. The molecule has 0 aliphatic heterocycles. The normalized spacial score (nSPS) is 17.2.